The number of esters is 1. The van der Waals surface area contributed by atoms with Crippen LogP contribution in [0.5, 0.6) is 0 Å². The summed E-state index contributed by atoms with van der Waals surface area (Å²) in [5, 5.41) is 0. The van der Waals surface area contributed by atoms with Crippen LogP contribution in [0.1, 0.15) is 23.6 Å². The quantitative estimate of drug-likeness (QED) is 0.560. The predicted molar refractivity (Wildman–Crippen MR) is 63.4 cm³/mol. The summed E-state index contributed by atoms with van der Waals surface area (Å²) < 4.78 is 4.53. The van der Waals surface area contributed by atoms with Crippen LogP contribution >= 0.6 is 0 Å². The van der Waals surface area contributed by atoms with Gasteiger partial charge in [-0.2, -0.15) is 0 Å². The monoisotopic (exact) mass is 215 g/mol. The van der Waals surface area contributed by atoms with Gasteiger partial charge in [0.05, 0.1) is 13.7 Å². The summed E-state index contributed by atoms with van der Waals surface area (Å²) in [6.07, 6.45) is 3.17. The number of hydrogen-bond donors (Lipinski definition) is 0. The molecule has 0 amide bonds. The molecule has 82 valence electrons. The first-order chi connectivity index (χ1) is 7.70. The Hall–Kier alpha value is -1.90. The van der Waals surface area contributed by atoms with Gasteiger partial charge in [-0.3, -0.25) is 4.99 Å². The van der Waals surface area contributed by atoms with E-state index in [2.05, 4.69) is 15.8 Å². The van der Waals surface area contributed by atoms with E-state index >= 15 is 0 Å². The van der Waals surface area contributed by atoms with Crippen molar-refractivity contribution in [2.75, 3.05) is 7.11 Å². The van der Waals surface area contributed by atoms with Crippen LogP contribution in [0, 0.1) is 0 Å². The zero-order valence-corrected chi connectivity index (χ0v) is 9.36. The molecular formula is C13H13NO2. The maximum absolute atomic E-state index is 10.9. The Morgan fingerprint density at radius 2 is 2.31 bits per heavy atom. The molecule has 2 rings (SSSR count). The topological polar surface area (TPSA) is 38.7 Å². The summed E-state index contributed by atoms with van der Waals surface area (Å²) in [4.78, 5) is 15.3. The van der Waals surface area contributed by atoms with E-state index in [-0.39, 0.29) is 5.97 Å². The highest BCUT2D eigenvalue weighted by molar-refractivity contribution is 6.02. The largest absolute Gasteiger partial charge is 0.466 e. The molecule has 0 atom stereocenters. The number of benzene rings is 1. The number of aliphatic imine (C=N–C) groups is 1. The summed E-state index contributed by atoms with van der Waals surface area (Å²) in [5.74, 6) is -0.340. The van der Waals surface area contributed by atoms with Crippen molar-refractivity contribution in [1.82, 2.24) is 0 Å². The Labute approximate surface area is 94.5 Å². The van der Waals surface area contributed by atoms with E-state index in [1.165, 1.54) is 24.3 Å². The Bertz CT molecular complexity index is 487. The van der Waals surface area contributed by atoms with Crippen molar-refractivity contribution >= 4 is 17.8 Å². The third-order valence-corrected chi connectivity index (χ3v) is 2.62. The molecule has 1 heterocycles. The molecule has 16 heavy (non-hydrogen) atoms. The van der Waals surface area contributed by atoms with Crippen molar-refractivity contribution < 1.29 is 9.53 Å². The lowest BCUT2D eigenvalue weighted by Crippen LogP contribution is -1.94. The molecule has 1 aromatic rings. The predicted octanol–water partition coefficient (Wildman–Crippen LogP) is 2.20. The van der Waals surface area contributed by atoms with Crippen molar-refractivity contribution in [3.63, 3.8) is 0 Å². The van der Waals surface area contributed by atoms with E-state index in [9.17, 15) is 4.79 Å². The van der Waals surface area contributed by atoms with Crippen LogP contribution in [0.3, 0.4) is 0 Å². The van der Waals surface area contributed by atoms with Gasteiger partial charge in [0.1, 0.15) is 0 Å². The van der Waals surface area contributed by atoms with Gasteiger partial charge in [0.2, 0.25) is 0 Å². The molecule has 1 aliphatic rings. The van der Waals surface area contributed by atoms with Crippen LogP contribution in [-0.4, -0.2) is 18.8 Å². The Balaban J connectivity index is 2.21. The first-order valence-electron chi connectivity index (χ1n) is 5.11. The molecule has 0 unspecified atom stereocenters. The van der Waals surface area contributed by atoms with Gasteiger partial charge in [0.25, 0.3) is 0 Å². The minimum atomic E-state index is -0.340. The summed E-state index contributed by atoms with van der Waals surface area (Å²) in [6.45, 7) is 2.75. The van der Waals surface area contributed by atoms with Gasteiger partial charge in [-0.05, 0) is 30.2 Å². The second-order valence-corrected chi connectivity index (χ2v) is 3.67. The van der Waals surface area contributed by atoms with E-state index in [0.29, 0.717) is 0 Å². The molecule has 0 aromatic heterocycles. The molecule has 0 bridgehead atoms. The molecule has 0 radical (unpaired) electrons. The summed E-state index contributed by atoms with van der Waals surface area (Å²) >= 11 is 0. The first-order valence-corrected chi connectivity index (χ1v) is 5.11. The van der Waals surface area contributed by atoms with E-state index in [4.69, 9.17) is 0 Å². The molecule has 1 aromatic carbocycles. The second kappa shape index (κ2) is 4.31. The van der Waals surface area contributed by atoms with Crippen LogP contribution in [0.15, 0.2) is 29.3 Å². The van der Waals surface area contributed by atoms with Crippen molar-refractivity contribution in [1.29, 1.82) is 0 Å². The fourth-order valence-electron chi connectivity index (χ4n) is 1.72. The molecule has 0 N–H and O–H groups in total. The highest BCUT2D eigenvalue weighted by Gasteiger charge is 2.11. The SMILES string of the molecule is COC(=O)/C=C/c1ccc2c(c1)CN=C2C. The number of rotatable bonds is 2. The van der Waals surface area contributed by atoms with Crippen molar-refractivity contribution in [3.8, 4) is 0 Å². The number of carbonyl (C=O) groups excluding carboxylic acids is 1. The summed E-state index contributed by atoms with van der Waals surface area (Å²) in [7, 11) is 1.37. The second-order valence-electron chi connectivity index (χ2n) is 3.67. The lowest BCUT2D eigenvalue weighted by atomic mass is 10.0. The van der Waals surface area contributed by atoms with Crippen molar-refractivity contribution in [2.45, 2.75) is 13.5 Å². The van der Waals surface area contributed by atoms with E-state index in [0.717, 1.165) is 17.8 Å². The van der Waals surface area contributed by atoms with Crippen LogP contribution in [0.25, 0.3) is 6.08 Å². The molecule has 3 heteroatoms. The molecule has 0 spiro atoms. The molecule has 0 aliphatic carbocycles. The summed E-state index contributed by atoms with van der Waals surface area (Å²) in [6, 6.07) is 6.06. The molecule has 0 saturated carbocycles. The van der Waals surface area contributed by atoms with Gasteiger partial charge in [0.15, 0.2) is 0 Å². The van der Waals surface area contributed by atoms with E-state index < -0.39 is 0 Å². The minimum Gasteiger partial charge on any atom is -0.466 e. The third-order valence-electron chi connectivity index (χ3n) is 2.62. The van der Waals surface area contributed by atoms with Crippen LogP contribution in [0.2, 0.25) is 0 Å². The molecular weight excluding hydrogens is 202 g/mol. The van der Waals surface area contributed by atoms with Crippen molar-refractivity contribution in [3.05, 3.63) is 41.0 Å². The minimum absolute atomic E-state index is 0.340. The maximum atomic E-state index is 10.9. The molecule has 1 aliphatic heterocycles. The number of carbonyl (C=O) groups is 1. The number of nitrogens with zero attached hydrogens (tertiary/aromatic N) is 1. The standard InChI is InChI=1S/C13H13NO2/c1-9-12-5-3-10(4-6-13(15)16-2)7-11(12)8-14-9/h3-7H,8H2,1-2H3/b6-4+. The maximum Gasteiger partial charge on any atom is 0.330 e. The van der Waals surface area contributed by atoms with E-state index in [1.54, 1.807) is 6.08 Å². The Kier molecular flexibility index (Phi) is 2.86. The zero-order valence-electron chi connectivity index (χ0n) is 9.36. The van der Waals surface area contributed by atoms with Gasteiger partial charge in [-0.15, -0.1) is 0 Å². The van der Waals surface area contributed by atoms with Gasteiger partial charge in [-0.1, -0.05) is 12.1 Å². The number of fused-ring (bicyclic) bond motifs is 1. The van der Waals surface area contributed by atoms with Gasteiger partial charge in [0, 0.05) is 17.4 Å². The number of ether oxygens (including phenoxy) is 1. The van der Waals surface area contributed by atoms with Crippen LogP contribution in [-0.2, 0) is 16.1 Å². The third kappa shape index (κ3) is 2.03. The Morgan fingerprint density at radius 3 is 3.06 bits per heavy atom. The smallest absolute Gasteiger partial charge is 0.330 e. The average Bonchev–Trinajstić information content (AvgIpc) is 2.67. The lowest BCUT2D eigenvalue weighted by Gasteiger charge is -2.00. The highest BCUT2D eigenvalue weighted by atomic mass is 16.5. The number of methoxy groups -OCH3 is 1. The van der Waals surface area contributed by atoms with Gasteiger partial charge in [-0.25, -0.2) is 4.79 Å². The Morgan fingerprint density at radius 1 is 1.50 bits per heavy atom. The van der Waals surface area contributed by atoms with Crippen molar-refractivity contribution in [2.24, 2.45) is 4.99 Å². The molecule has 0 fully saturated rings. The fourth-order valence-corrected chi connectivity index (χ4v) is 1.72. The zero-order chi connectivity index (χ0) is 11.5. The normalized spacial score (nSPS) is 13.8. The first kappa shape index (κ1) is 10.6. The highest BCUT2D eigenvalue weighted by Crippen LogP contribution is 2.20. The van der Waals surface area contributed by atoms with Crippen LogP contribution in [0.4, 0.5) is 0 Å². The average molecular weight is 215 g/mol. The van der Waals surface area contributed by atoms with Gasteiger partial charge < -0.3 is 4.74 Å². The fraction of sp³-hybridized carbons (Fsp3) is 0.231. The summed E-state index contributed by atoms with van der Waals surface area (Å²) in [5.41, 5.74) is 4.49. The number of hydrogen-bond acceptors (Lipinski definition) is 3. The van der Waals surface area contributed by atoms with Crippen LogP contribution < -0.4 is 0 Å². The van der Waals surface area contributed by atoms with E-state index in [1.807, 2.05) is 19.1 Å². The molecule has 0 saturated heterocycles. The van der Waals surface area contributed by atoms with Gasteiger partial charge >= 0.3 is 5.97 Å². The molecule has 3 nitrogen and oxygen atoms in total. The lowest BCUT2D eigenvalue weighted by molar-refractivity contribution is -0.134.